The maximum absolute atomic E-state index is 12.2. The number of carbonyl (C=O) groups excluding carboxylic acids is 1. The van der Waals surface area contributed by atoms with Crippen molar-refractivity contribution in [2.24, 2.45) is 0 Å². The van der Waals surface area contributed by atoms with Gasteiger partial charge in [0.1, 0.15) is 0 Å². The molecular weight excluding hydrogens is 462 g/mol. The number of aliphatic hydroxyl groups excluding tert-OH is 3. The molecule has 0 aromatic heterocycles. The fraction of sp³-hybridized carbons (Fsp3) is 0.906. The second-order valence-corrected chi connectivity index (χ2v) is 11.1. The van der Waals surface area contributed by atoms with Gasteiger partial charge in [-0.3, -0.25) is 4.79 Å². The third kappa shape index (κ3) is 25.1. The summed E-state index contributed by atoms with van der Waals surface area (Å²) in [5, 5.41) is 32.7. The molecule has 4 N–H and O–H groups in total. The van der Waals surface area contributed by atoms with Crippen LogP contribution in [0.3, 0.4) is 0 Å². The Morgan fingerprint density at radius 1 is 0.676 bits per heavy atom. The summed E-state index contributed by atoms with van der Waals surface area (Å²) in [6.07, 6.45) is 29.1. The van der Waals surface area contributed by atoms with Crippen molar-refractivity contribution in [1.29, 1.82) is 0 Å². The van der Waals surface area contributed by atoms with E-state index in [0.29, 0.717) is 6.42 Å². The Kier molecular flexibility index (Phi) is 27.4. The first-order chi connectivity index (χ1) is 18.0. The van der Waals surface area contributed by atoms with Crippen molar-refractivity contribution in [1.82, 2.24) is 5.32 Å². The fourth-order valence-electron chi connectivity index (χ4n) is 4.81. The highest BCUT2D eigenvalue weighted by atomic mass is 16.3. The van der Waals surface area contributed by atoms with Gasteiger partial charge in [-0.05, 0) is 19.3 Å². The average Bonchev–Trinajstić information content (AvgIpc) is 2.88. The molecule has 0 aliphatic carbocycles. The third-order valence-electron chi connectivity index (χ3n) is 7.32. The predicted molar refractivity (Wildman–Crippen MR) is 158 cm³/mol. The van der Waals surface area contributed by atoms with Crippen molar-refractivity contribution in [3.8, 4) is 0 Å². The molecule has 1 amide bonds. The van der Waals surface area contributed by atoms with Crippen LogP contribution < -0.4 is 5.32 Å². The van der Waals surface area contributed by atoms with Crippen LogP contribution in [0.4, 0.5) is 0 Å². The van der Waals surface area contributed by atoms with Crippen molar-refractivity contribution < 1.29 is 20.1 Å². The summed E-state index contributed by atoms with van der Waals surface area (Å²) in [6, 6.07) is -0.735. The lowest BCUT2D eigenvalue weighted by Crippen LogP contribution is -2.45. The number of nitrogens with one attached hydrogen (secondary N) is 1. The first-order valence-corrected chi connectivity index (χ1v) is 16.0. The molecule has 0 spiro atoms. The Labute approximate surface area is 229 Å². The quantitative estimate of drug-likeness (QED) is 0.0621. The van der Waals surface area contributed by atoms with Gasteiger partial charge in [0.2, 0.25) is 5.91 Å². The van der Waals surface area contributed by atoms with Crippen LogP contribution in [0.25, 0.3) is 0 Å². The lowest BCUT2D eigenvalue weighted by atomic mass is 10.0. The monoisotopic (exact) mass is 525 g/mol. The highest BCUT2D eigenvalue weighted by Gasteiger charge is 2.20. The van der Waals surface area contributed by atoms with Crippen LogP contribution in [-0.2, 0) is 4.79 Å². The number of allylic oxidation sites excluding steroid dienone is 1. The molecule has 0 radical (unpaired) electrons. The standard InChI is InChI=1S/C32H63NO4/c1-3-5-7-9-11-12-13-14-15-16-17-18-20-22-24-26-31(36)30(28-34)33-32(37)27-29(35)25-23-21-19-10-8-6-4-2/h24,26,29-31,34-36H,3-23,25,27-28H2,1-2H3,(H,33,37)/b26-24+. The van der Waals surface area contributed by atoms with Gasteiger partial charge in [-0.15, -0.1) is 0 Å². The second kappa shape index (κ2) is 28.1. The number of unbranched alkanes of at least 4 members (excludes halogenated alkanes) is 19. The minimum absolute atomic E-state index is 0.0156. The van der Waals surface area contributed by atoms with Gasteiger partial charge in [-0.1, -0.05) is 148 Å². The van der Waals surface area contributed by atoms with Crippen LogP contribution in [0, 0.1) is 0 Å². The number of aliphatic hydroxyl groups is 3. The zero-order valence-electron chi connectivity index (χ0n) is 24.6. The Hall–Kier alpha value is -0.910. The van der Waals surface area contributed by atoms with Gasteiger partial charge < -0.3 is 20.6 Å². The molecule has 3 unspecified atom stereocenters. The average molecular weight is 526 g/mol. The molecule has 220 valence electrons. The van der Waals surface area contributed by atoms with Crippen molar-refractivity contribution in [3.63, 3.8) is 0 Å². The van der Waals surface area contributed by atoms with E-state index in [1.165, 1.54) is 109 Å². The summed E-state index contributed by atoms with van der Waals surface area (Å²) in [5.74, 6) is -0.321. The minimum Gasteiger partial charge on any atom is -0.394 e. The molecule has 0 aromatic carbocycles. The molecule has 0 aliphatic rings. The molecule has 0 saturated heterocycles. The topological polar surface area (TPSA) is 89.8 Å². The van der Waals surface area contributed by atoms with Gasteiger partial charge in [0.05, 0.1) is 31.3 Å². The van der Waals surface area contributed by atoms with Crippen molar-refractivity contribution in [3.05, 3.63) is 12.2 Å². The zero-order valence-corrected chi connectivity index (χ0v) is 24.6. The smallest absolute Gasteiger partial charge is 0.222 e. The van der Waals surface area contributed by atoms with Crippen LogP contribution in [0.1, 0.15) is 162 Å². The number of hydrogen-bond acceptors (Lipinski definition) is 4. The predicted octanol–water partition coefficient (Wildman–Crippen LogP) is 7.75. The first-order valence-electron chi connectivity index (χ1n) is 16.0. The zero-order chi connectivity index (χ0) is 27.4. The van der Waals surface area contributed by atoms with Gasteiger partial charge in [0, 0.05) is 0 Å². The molecule has 5 heteroatoms. The summed E-state index contributed by atoms with van der Waals surface area (Å²) in [4.78, 5) is 12.2. The van der Waals surface area contributed by atoms with E-state index in [1.54, 1.807) is 6.08 Å². The van der Waals surface area contributed by atoms with Gasteiger partial charge in [0.15, 0.2) is 0 Å². The highest BCUT2D eigenvalue weighted by molar-refractivity contribution is 5.76. The maximum Gasteiger partial charge on any atom is 0.222 e. The molecule has 0 fully saturated rings. The van der Waals surface area contributed by atoms with Gasteiger partial charge in [0.25, 0.3) is 0 Å². The molecule has 0 saturated carbocycles. The number of amides is 1. The summed E-state index contributed by atoms with van der Waals surface area (Å²) >= 11 is 0. The van der Waals surface area contributed by atoms with Crippen molar-refractivity contribution in [2.75, 3.05) is 6.61 Å². The lowest BCUT2D eigenvalue weighted by molar-refractivity contribution is -0.124. The van der Waals surface area contributed by atoms with Crippen LogP contribution in [0.2, 0.25) is 0 Å². The Bertz CT molecular complexity index is 511. The van der Waals surface area contributed by atoms with Crippen molar-refractivity contribution >= 4 is 5.91 Å². The van der Waals surface area contributed by atoms with E-state index >= 15 is 0 Å². The number of carbonyl (C=O) groups is 1. The normalized spacial score (nSPS) is 14.2. The van der Waals surface area contributed by atoms with E-state index in [0.717, 1.165) is 25.7 Å². The summed E-state index contributed by atoms with van der Waals surface area (Å²) in [5.41, 5.74) is 0. The van der Waals surface area contributed by atoms with E-state index < -0.39 is 18.2 Å². The number of hydrogen-bond donors (Lipinski definition) is 4. The molecule has 0 aliphatic heterocycles. The summed E-state index contributed by atoms with van der Waals surface area (Å²) in [6.45, 7) is 4.14. The highest BCUT2D eigenvalue weighted by Crippen LogP contribution is 2.14. The van der Waals surface area contributed by atoms with E-state index in [9.17, 15) is 20.1 Å². The maximum atomic E-state index is 12.2. The molecule has 0 rings (SSSR count). The molecule has 5 nitrogen and oxygen atoms in total. The van der Waals surface area contributed by atoms with Crippen molar-refractivity contribution in [2.45, 2.75) is 180 Å². The van der Waals surface area contributed by atoms with Crippen LogP contribution >= 0.6 is 0 Å². The van der Waals surface area contributed by atoms with Gasteiger partial charge in [-0.25, -0.2) is 0 Å². The number of rotatable bonds is 28. The van der Waals surface area contributed by atoms with Crippen LogP contribution in [0.5, 0.6) is 0 Å². The third-order valence-corrected chi connectivity index (χ3v) is 7.32. The van der Waals surface area contributed by atoms with E-state index in [4.69, 9.17) is 0 Å². The Morgan fingerprint density at radius 3 is 1.57 bits per heavy atom. The molecule has 37 heavy (non-hydrogen) atoms. The minimum atomic E-state index is -0.920. The van der Waals surface area contributed by atoms with Gasteiger partial charge >= 0.3 is 0 Å². The lowest BCUT2D eigenvalue weighted by Gasteiger charge is -2.21. The SMILES string of the molecule is CCCCCCCCCCCCCCC/C=C/C(O)C(CO)NC(=O)CC(O)CCCCCCCCC. The largest absolute Gasteiger partial charge is 0.394 e. The van der Waals surface area contributed by atoms with Gasteiger partial charge in [-0.2, -0.15) is 0 Å². The first kappa shape index (κ1) is 36.1. The molecule has 0 bridgehead atoms. The van der Waals surface area contributed by atoms with Crippen LogP contribution in [0.15, 0.2) is 12.2 Å². The fourth-order valence-corrected chi connectivity index (χ4v) is 4.81. The van der Waals surface area contributed by atoms with E-state index in [-0.39, 0.29) is 18.9 Å². The molecule has 3 atom stereocenters. The summed E-state index contributed by atoms with van der Waals surface area (Å²) in [7, 11) is 0. The Morgan fingerprint density at radius 2 is 1.11 bits per heavy atom. The van der Waals surface area contributed by atoms with Crippen LogP contribution in [-0.4, -0.2) is 46.1 Å². The van der Waals surface area contributed by atoms with E-state index in [2.05, 4.69) is 19.2 Å². The molecular formula is C32H63NO4. The second-order valence-electron chi connectivity index (χ2n) is 11.1. The molecule has 0 aromatic rings. The molecule has 0 heterocycles. The summed E-state index contributed by atoms with van der Waals surface area (Å²) < 4.78 is 0. The Balaban J connectivity index is 3.76. The van der Waals surface area contributed by atoms with E-state index in [1.807, 2.05) is 6.08 Å².